The maximum atomic E-state index is 11.2. The lowest BCUT2D eigenvalue weighted by atomic mass is 10.0. The molecule has 2 aliphatic rings. The van der Waals surface area contributed by atoms with Crippen LogP contribution in [0.3, 0.4) is 0 Å². The van der Waals surface area contributed by atoms with Crippen molar-refractivity contribution < 1.29 is 9.53 Å². The summed E-state index contributed by atoms with van der Waals surface area (Å²) in [5.41, 5.74) is 6.52. The first kappa shape index (κ1) is 17.0. The molecule has 2 heterocycles. The van der Waals surface area contributed by atoms with E-state index in [-0.39, 0.29) is 5.91 Å². The number of rotatable bonds is 5. The van der Waals surface area contributed by atoms with E-state index in [0.29, 0.717) is 12.6 Å². The Morgan fingerprint density at radius 1 is 1.21 bits per heavy atom. The van der Waals surface area contributed by atoms with Crippen LogP contribution in [0.5, 0.6) is 5.75 Å². The van der Waals surface area contributed by atoms with E-state index < -0.39 is 0 Å². The molecule has 1 unspecified atom stereocenters. The van der Waals surface area contributed by atoms with Crippen LogP contribution in [0.1, 0.15) is 12.8 Å². The highest BCUT2D eigenvalue weighted by Crippen LogP contribution is 2.29. The molecular weight excluding hydrogens is 304 g/mol. The van der Waals surface area contributed by atoms with E-state index in [4.69, 9.17) is 10.5 Å². The van der Waals surface area contributed by atoms with Crippen molar-refractivity contribution in [3.8, 4) is 5.75 Å². The number of nitrogens with two attached hydrogens (primary N) is 1. The van der Waals surface area contributed by atoms with Crippen molar-refractivity contribution in [1.82, 2.24) is 9.80 Å². The standard InChI is InChI=1S/C18H28N4O2/c1-24-17-7-3-2-6-16(17)22-11-9-21(10-12-22)15-5-4-8-20(13-15)14-18(19)23/h2-3,6-7,15H,4-5,8-14H2,1H3,(H2,19,23). The van der Waals surface area contributed by atoms with E-state index in [1.54, 1.807) is 7.11 Å². The molecule has 1 atom stereocenters. The maximum absolute atomic E-state index is 11.2. The van der Waals surface area contributed by atoms with Gasteiger partial charge in [-0.3, -0.25) is 14.6 Å². The number of para-hydroxylation sites is 2. The molecule has 132 valence electrons. The van der Waals surface area contributed by atoms with Crippen molar-refractivity contribution in [2.45, 2.75) is 18.9 Å². The topological polar surface area (TPSA) is 62.0 Å². The molecule has 1 aromatic rings. The number of anilines is 1. The van der Waals surface area contributed by atoms with E-state index in [1.807, 2.05) is 12.1 Å². The van der Waals surface area contributed by atoms with Crippen LogP contribution in [0.15, 0.2) is 24.3 Å². The summed E-state index contributed by atoms with van der Waals surface area (Å²) < 4.78 is 5.49. The molecule has 0 aliphatic carbocycles. The molecule has 1 amide bonds. The Hall–Kier alpha value is -1.79. The second-order valence-electron chi connectivity index (χ2n) is 6.69. The van der Waals surface area contributed by atoms with Gasteiger partial charge in [0.25, 0.3) is 0 Å². The van der Waals surface area contributed by atoms with Crippen molar-refractivity contribution >= 4 is 11.6 Å². The SMILES string of the molecule is COc1ccccc1N1CCN(C2CCCN(CC(N)=O)C2)CC1. The van der Waals surface area contributed by atoms with Gasteiger partial charge >= 0.3 is 0 Å². The summed E-state index contributed by atoms with van der Waals surface area (Å²) >= 11 is 0. The van der Waals surface area contributed by atoms with Gasteiger partial charge in [-0.2, -0.15) is 0 Å². The Balaban J connectivity index is 1.56. The molecule has 2 aliphatic heterocycles. The third-order valence-corrected chi connectivity index (χ3v) is 5.12. The van der Waals surface area contributed by atoms with Gasteiger partial charge in [-0.15, -0.1) is 0 Å². The monoisotopic (exact) mass is 332 g/mol. The van der Waals surface area contributed by atoms with E-state index in [0.717, 1.165) is 51.4 Å². The molecule has 24 heavy (non-hydrogen) atoms. The Bertz CT molecular complexity index is 558. The van der Waals surface area contributed by atoms with Gasteiger partial charge in [0.15, 0.2) is 0 Å². The molecule has 0 radical (unpaired) electrons. The Morgan fingerprint density at radius 2 is 1.96 bits per heavy atom. The van der Waals surface area contributed by atoms with E-state index in [1.165, 1.54) is 12.1 Å². The van der Waals surface area contributed by atoms with Crippen LogP contribution in [-0.4, -0.2) is 74.7 Å². The Kier molecular flexibility index (Phi) is 5.58. The fourth-order valence-corrected chi connectivity index (χ4v) is 3.91. The summed E-state index contributed by atoms with van der Waals surface area (Å²) in [4.78, 5) is 18.3. The predicted molar refractivity (Wildman–Crippen MR) is 95.4 cm³/mol. The zero-order chi connectivity index (χ0) is 16.9. The van der Waals surface area contributed by atoms with Gasteiger partial charge in [-0.1, -0.05) is 12.1 Å². The lowest BCUT2D eigenvalue weighted by molar-refractivity contribution is -0.119. The van der Waals surface area contributed by atoms with Crippen LogP contribution in [0.2, 0.25) is 0 Å². The van der Waals surface area contributed by atoms with Gasteiger partial charge in [0.2, 0.25) is 5.91 Å². The van der Waals surface area contributed by atoms with Gasteiger partial charge in [-0.25, -0.2) is 0 Å². The van der Waals surface area contributed by atoms with Crippen LogP contribution in [0, 0.1) is 0 Å². The molecule has 0 spiro atoms. The van der Waals surface area contributed by atoms with Crippen LogP contribution in [0.4, 0.5) is 5.69 Å². The van der Waals surface area contributed by atoms with Crippen LogP contribution < -0.4 is 15.4 Å². The zero-order valence-electron chi connectivity index (χ0n) is 14.5. The number of methoxy groups -OCH3 is 1. The quantitative estimate of drug-likeness (QED) is 0.863. The Morgan fingerprint density at radius 3 is 2.67 bits per heavy atom. The number of piperazine rings is 1. The summed E-state index contributed by atoms with van der Waals surface area (Å²) in [6.07, 6.45) is 2.36. The molecule has 0 saturated carbocycles. The van der Waals surface area contributed by atoms with Gasteiger partial charge in [0, 0.05) is 38.8 Å². The van der Waals surface area contributed by atoms with Crippen molar-refractivity contribution in [2.75, 3.05) is 57.8 Å². The predicted octanol–water partition coefficient (Wildman–Crippen LogP) is 0.767. The number of carbonyl (C=O) groups is 1. The lowest BCUT2D eigenvalue weighted by Crippen LogP contribution is -2.55. The summed E-state index contributed by atoms with van der Waals surface area (Å²) in [7, 11) is 1.73. The third kappa shape index (κ3) is 3.99. The number of hydrogen-bond donors (Lipinski definition) is 1. The third-order valence-electron chi connectivity index (χ3n) is 5.12. The highest BCUT2D eigenvalue weighted by molar-refractivity contribution is 5.75. The van der Waals surface area contributed by atoms with Crippen LogP contribution in [0.25, 0.3) is 0 Å². The van der Waals surface area contributed by atoms with Gasteiger partial charge < -0.3 is 15.4 Å². The number of benzene rings is 1. The minimum atomic E-state index is -0.225. The number of carbonyl (C=O) groups excluding carboxylic acids is 1. The molecule has 0 bridgehead atoms. The molecular formula is C18H28N4O2. The van der Waals surface area contributed by atoms with Crippen molar-refractivity contribution in [3.63, 3.8) is 0 Å². The summed E-state index contributed by atoms with van der Waals surface area (Å²) in [5.74, 6) is 0.716. The smallest absolute Gasteiger partial charge is 0.231 e. The number of likely N-dealkylation sites (tertiary alicyclic amines) is 1. The first-order valence-electron chi connectivity index (χ1n) is 8.80. The van der Waals surface area contributed by atoms with Gasteiger partial charge in [0.1, 0.15) is 5.75 Å². The highest BCUT2D eigenvalue weighted by Gasteiger charge is 2.29. The summed E-state index contributed by atoms with van der Waals surface area (Å²) in [5, 5.41) is 0. The molecule has 3 rings (SSSR count). The van der Waals surface area contributed by atoms with E-state index in [9.17, 15) is 4.79 Å². The Labute approximate surface area is 144 Å². The second kappa shape index (κ2) is 7.85. The zero-order valence-corrected chi connectivity index (χ0v) is 14.5. The number of nitrogens with zero attached hydrogens (tertiary/aromatic N) is 3. The first-order valence-corrected chi connectivity index (χ1v) is 8.80. The molecule has 6 heteroatoms. The minimum absolute atomic E-state index is 0.225. The number of primary amides is 1. The molecule has 1 aromatic carbocycles. The van der Waals surface area contributed by atoms with Gasteiger partial charge in [0.05, 0.1) is 19.3 Å². The van der Waals surface area contributed by atoms with Crippen molar-refractivity contribution in [3.05, 3.63) is 24.3 Å². The van der Waals surface area contributed by atoms with Crippen LogP contribution >= 0.6 is 0 Å². The summed E-state index contributed by atoms with van der Waals surface area (Å²) in [6.45, 7) is 6.44. The number of amides is 1. The highest BCUT2D eigenvalue weighted by atomic mass is 16.5. The van der Waals surface area contributed by atoms with E-state index >= 15 is 0 Å². The fourth-order valence-electron chi connectivity index (χ4n) is 3.91. The average Bonchev–Trinajstić information content (AvgIpc) is 2.61. The van der Waals surface area contributed by atoms with Crippen molar-refractivity contribution in [2.24, 2.45) is 5.73 Å². The molecule has 0 aromatic heterocycles. The number of piperidine rings is 1. The molecule has 2 fully saturated rings. The lowest BCUT2D eigenvalue weighted by Gasteiger charge is -2.43. The maximum Gasteiger partial charge on any atom is 0.231 e. The minimum Gasteiger partial charge on any atom is -0.495 e. The average molecular weight is 332 g/mol. The van der Waals surface area contributed by atoms with Crippen molar-refractivity contribution in [1.29, 1.82) is 0 Å². The number of hydrogen-bond acceptors (Lipinski definition) is 5. The molecule has 6 nitrogen and oxygen atoms in total. The normalized spacial score (nSPS) is 23.2. The van der Waals surface area contributed by atoms with Gasteiger partial charge in [-0.05, 0) is 31.5 Å². The second-order valence-corrected chi connectivity index (χ2v) is 6.69. The largest absolute Gasteiger partial charge is 0.495 e. The summed E-state index contributed by atoms with van der Waals surface area (Å²) in [6, 6.07) is 8.76. The first-order chi connectivity index (χ1) is 11.7. The number of ether oxygens (including phenoxy) is 1. The van der Waals surface area contributed by atoms with Crippen LogP contribution in [-0.2, 0) is 4.79 Å². The van der Waals surface area contributed by atoms with E-state index in [2.05, 4.69) is 26.8 Å². The fraction of sp³-hybridized carbons (Fsp3) is 0.611. The molecule has 2 saturated heterocycles. The molecule has 2 N–H and O–H groups in total.